The number of hydrogen-bond donors (Lipinski definition) is 1. The maximum atomic E-state index is 12.6. The standard InChI is InChI=1S/C12H19FN2O.ClH/c1-10(14)9-15(2)7-8-16-12-5-3-11(13)4-6-12;/h3-6,10H,7-9,14H2,1-2H3;1H. The van der Waals surface area contributed by atoms with Crippen molar-refractivity contribution in [3.05, 3.63) is 30.1 Å². The first-order valence-electron chi connectivity index (χ1n) is 5.40. The summed E-state index contributed by atoms with van der Waals surface area (Å²) in [6, 6.07) is 6.19. The Kier molecular flexibility index (Phi) is 7.87. The van der Waals surface area contributed by atoms with E-state index in [9.17, 15) is 4.39 Å². The van der Waals surface area contributed by atoms with E-state index in [0.717, 1.165) is 13.1 Å². The molecule has 0 fully saturated rings. The van der Waals surface area contributed by atoms with Gasteiger partial charge in [-0.3, -0.25) is 0 Å². The van der Waals surface area contributed by atoms with Gasteiger partial charge in [0.05, 0.1) is 0 Å². The fraction of sp³-hybridized carbons (Fsp3) is 0.500. The van der Waals surface area contributed by atoms with Crippen molar-refractivity contribution in [1.29, 1.82) is 0 Å². The molecule has 1 aromatic rings. The van der Waals surface area contributed by atoms with E-state index in [1.165, 1.54) is 12.1 Å². The van der Waals surface area contributed by atoms with Crippen LogP contribution in [0.2, 0.25) is 0 Å². The molecule has 5 heteroatoms. The molecular weight excluding hydrogens is 243 g/mol. The van der Waals surface area contributed by atoms with E-state index in [1.54, 1.807) is 12.1 Å². The molecule has 0 aliphatic carbocycles. The Balaban J connectivity index is 0.00000256. The number of hydrogen-bond acceptors (Lipinski definition) is 3. The topological polar surface area (TPSA) is 38.5 Å². The summed E-state index contributed by atoms with van der Waals surface area (Å²) in [6.07, 6.45) is 0. The quantitative estimate of drug-likeness (QED) is 0.851. The lowest BCUT2D eigenvalue weighted by molar-refractivity contribution is 0.231. The molecule has 1 atom stereocenters. The van der Waals surface area contributed by atoms with Gasteiger partial charge in [0.25, 0.3) is 0 Å². The van der Waals surface area contributed by atoms with Crippen molar-refractivity contribution in [3.8, 4) is 5.75 Å². The largest absolute Gasteiger partial charge is 0.492 e. The Hall–Kier alpha value is -0.840. The van der Waals surface area contributed by atoms with E-state index in [1.807, 2.05) is 14.0 Å². The normalized spacial score (nSPS) is 12.1. The monoisotopic (exact) mass is 262 g/mol. The predicted molar refractivity (Wildman–Crippen MR) is 70.3 cm³/mol. The minimum Gasteiger partial charge on any atom is -0.492 e. The number of halogens is 2. The van der Waals surface area contributed by atoms with Crippen LogP contribution in [0.5, 0.6) is 5.75 Å². The molecule has 0 heterocycles. The van der Waals surface area contributed by atoms with Crippen molar-refractivity contribution in [2.24, 2.45) is 5.73 Å². The summed E-state index contributed by atoms with van der Waals surface area (Å²) in [6.45, 7) is 4.19. The SMILES string of the molecule is CC(N)CN(C)CCOc1ccc(F)cc1.Cl. The first-order valence-corrected chi connectivity index (χ1v) is 5.40. The highest BCUT2D eigenvalue weighted by molar-refractivity contribution is 5.85. The highest BCUT2D eigenvalue weighted by Gasteiger charge is 2.02. The van der Waals surface area contributed by atoms with Crippen molar-refractivity contribution in [1.82, 2.24) is 4.90 Å². The number of nitrogens with two attached hydrogens (primary N) is 1. The van der Waals surface area contributed by atoms with Crippen molar-refractivity contribution in [2.45, 2.75) is 13.0 Å². The highest BCUT2D eigenvalue weighted by Crippen LogP contribution is 2.10. The van der Waals surface area contributed by atoms with E-state index in [0.29, 0.717) is 12.4 Å². The van der Waals surface area contributed by atoms with Crippen LogP contribution < -0.4 is 10.5 Å². The lowest BCUT2D eigenvalue weighted by Gasteiger charge is -2.18. The number of ether oxygens (including phenoxy) is 1. The second kappa shape index (κ2) is 8.28. The Morgan fingerprint density at radius 3 is 2.47 bits per heavy atom. The summed E-state index contributed by atoms with van der Waals surface area (Å²) in [5.74, 6) is 0.442. The van der Waals surface area contributed by atoms with E-state index in [-0.39, 0.29) is 24.3 Å². The van der Waals surface area contributed by atoms with Gasteiger partial charge in [-0.2, -0.15) is 0 Å². The van der Waals surface area contributed by atoms with Crippen LogP contribution in [0.15, 0.2) is 24.3 Å². The number of nitrogens with zero attached hydrogens (tertiary/aromatic N) is 1. The van der Waals surface area contributed by atoms with Gasteiger partial charge in [0, 0.05) is 19.1 Å². The van der Waals surface area contributed by atoms with Crippen LogP contribution in [0.1, 0.15) is 6.92 Å². The Bertz CT molecular complexity index is 306. The molecule has 3 nitrogen and oxygen atoms in total. The van der Waals surface area contributed by atoms with Crippen LogP contribution in [-0.4, -0.2) is 37.7 Å². The van der Waals surface area contributed by atoms with Gasteiger partial charge < -0.3 is 15.4 Å². The zero-order valence-electron chi connectivity index (χ0n) is 10.2. The molecule has 0 radical (unpaired) electrons. The van der Waals surface area contributed by atoms with Crippen molar-refractivity contribution in [3.63, 3.8) is 0 Å². The second-order valence-corrected chi connectivity index (χ2v) is 4.04. The molecule has 0 bridgehead atoms. The molecule has 0 aliphatic heterocycles. The smallest absolute Gasteiger partial charge is 0.123 e. The summed E-state index contributed by atoms with van der Waals surface area (Å²) >= 11 is 0. The first kappa shape index (κ1) is 16.2. The van der Waals surface area contributed by atoms with Gasteiger partial charge in [0.15, 0.2) is 0 Å². The van der Waals surface area contributed by atoms with Crippen LogP contribution in [0.4, 0.5) is 4.39 Å². The minimum absolute atomic E-state index is 0. The lowest BCUT2D eigenvalue weighted by atomic mass is 10.3. The summed E-state index contributed by atoms with van der Waals surface area (Å²) in [5.41, 5.74) is 5.67. The Labute approximate surface area is 108 Å². The van der Waals surface area contributed by atoms with Gasteiger partial charge in [-0.1, -0.05) is 0 Å². The third kappa shape index (κ3) is 7.15. The Morgan fingerprint density at radius 1 is 1.35 bits per heavy atom. The van der Waals surface area contributed by atoms with Crippen LogP contribution in [0.3, 0.4) is 0 Å². The summed E-state index contributed by atoms with van der Waals surface area (Å²) < 4.78 is 18.1. The molecule has 0 spiro atoms. The van der Waals surface area contributed by atoms with E-state index >= 15 is 0 Å². The molecule has 1 aromatic carbocycles. The van der Waals surface area contributed by atoms with Gasteiger partial charge in [-0.25, -0.2) is 4.39 Å². The molecule has 0 aromatic heterocycles. The maximum Gasteiger partial charge on any atom is 0.123 e. The molecular formula is C12H20ClFN2O. The minimum atomic E-state index is -0.249. The molecule has 98 valence electrons. The van der Waals surface area contributed by atoms with Crippen LogP contribution in [-0.2, 0) is 0 Å². The van der Waals surface area contributed by atoms with Crippen molar-refractivity contribution >= 4 is 12.4 Å². The number of benzene rings is 1. The van der Waals surface area contributed by atoms with E-state index in [2.05, 4.69) is 4.90 Å². The molecule has 2 N–H and O–H groups in total. The molecule has 1 unspecified atom stereocenters. The molecule has 0 aliphatic rings. The van der Waals surface area contributed by atoms with E-state index in [4.69, 9.17) is 10.5 Å². The lowest BCUT2D eigenvalue weighted by Crippen LogP contribution is -2.35. The fourth-order valence-corrected chi connectivity index (χ4v) is 1.43. The first-order chi connectivity index (χ1) is 7.58. The van der Waals surface area contributed by atoms with Crippen LogP contribution in [0, 0.1) is 5.82 Å². The molecule has 0 amide bonds. The third-order valence-electron chi connectivity index (χ3n) is 2.16. The number of likely N-dealkylation sites (N-methyl/N-ethyl adjacent to an activating group) is 1. The average molecular weight is 263 g/mol. The maximum absolute atomic E-state index is 12.6. The zero-order chi connectivity index (χ0) is 12.0. The summed E-state index contributed by atoms with van der Waals surface area (Å²) in [4.78, 5) is 2.11. The van der Waals surface area contributed by atoms with Crippen molar-refractivity contribution in [2.75, 3.05) is 26.7 Å². The van der Waals surface area contributed by atoms with Gasteiger partial charge in [-0.15, -0.1) is 12.4 Å². The highest BCUT2D eigenvalue weighted by atomic mass is 35.5. The van der Waals surface area contributed by atoms with E-state index < -0.39 is 0 Å². The average Bonchev–Trinajstić information content (AvgIpc) is 2.20. The van der Waals surface area contributed by atoms with Gasteiger partial charge >= 0.3 is 0 Å². The van der Waals surface area contributed by atoms with Crippen molar-refractivity contribution < 1.29 is 9.13 Å². The number of rotatable bonds is 6. The predicted octanol–water partition coefficient (Wildman–Crippen LogP) is 1.91. The van der Waals surface area contributed by atoms with Gasteiger partial charge in [0.1, 0.15) is 18.2 Å². The molecule has 0 saturated carbocycles. The fourth-order valence-electron chi connectivity index (χ4n) is 1.43. The van der Waals surface area contributed by atoms with Gasteiger partial charge in [0.2, 0.25) is 0 Å². The van der Waals surface area contributed by atoms with Gasteiger partial charge in [-0.05, 0) is 38.2 Å². The second-order valence-electron chi connectivity index (χ2n) is 4.04. The van der Waals surface area contributed by atoms with Crippen LogP contribution >= 0.6 is 12.4 Å². The van der Waals surface area contributed by atoms with Crippen LogP contribution in [0.25, 0.3) is 0 Å². The molecule has 1 rings (SSSR count). The Morgan fingerprint density at radius 2 is 1.94 bits per heavy atom. The molecule has 0 saturated heterocycles. The zero-order valence-corrected chi connectivity index (χ0v) is 11.0. The third-order valence-corrected chi connectivity index (χ3v) is 2.16. The molecule has 17 heavy (non-hydrogen) atoms. The summed E-state index contributed by atoms with van der Waals surface area (Å²) in [5, 5.41) is 0. The summed E-state index contributed by atoms with van der Waals surface area (Å²) in [7, 11) is 2.00.